The Labute approximate surface area is 146 Å². The zero-order valence-electron chi connectivity index (χ0n) is 11.0. The van der Waals surface area contributed by atoms with E-state index in [1.54, 1.807) is 6.07 Å². The standard InChI is InChI=1S/C15H12Cl2FIN2/c16-11-7-9(18)5-6-10(11)15-20-13(8-3-1-2-4-8)12(19)14(17)21-15/h5-8H,1-4H2. The maximum absolute atomic E-state index is 13.2. The molecule has 0 aliphatic heterocycles. The summed E-state index contributed by atoms with van der Waals surface area (Å²) in [6.45, 7) is 0. The van der Waals surface area contributed by atoms with Crippen molar-refractivity contribution in [1.82, 2.24) is 9.97 Å². The molecule has 0 amide bonds. The van der Waals surface area contributed by atoms with Crippen LogP contribution in [0.25, 0.3) is 11.4 Å². The summed E-state index contributed by atoms with van der Waals surface area (Å²) in [4.78, 5) is 8.97. The van der Waals surface area contributed by atoms with Crippen molar-refractivity contribution in [3.8, 4) is 11.4 Å². The van der Waals surface area contributed by atoms with E-state index >= 15 is 0 Å². The van der Waals surface area contributed by atoms with Crippen molar-refractivity contribution >= 4 is 45.8 Å². The van der Waals surface area contributed by atoms with Crippen LogP contribution in [0.5, 0.6) is 0 Å². The number of aromatic nitrogens is 2. The number of nitrogens with zero attached hydrogens (tertiary/aromatic N) is 2. The highest BCUT2D eigenvalue weighted by Crippen LogP contribution is 2.38. The van der Waals surface area contributed by atoms with E-state index in [0.29, 0.717) is 27.5 Å². The highest BCUT2D eigenvalue weighted by molar-refractivity contribution is 14.1. The second-order valence-corrected chi connectivity index (χ2v) is 6.99. The van der Waals surface area contributed by atoms with Crippen LogP contribution in [0.3, 0.4) is 0 Å². The SMILES string of the molecule is Fc1ccc(-c2nc(Cl)c(I)c(C3CCCC3)n2)c(Cl)c1. The molecule has 2 aromatic rings. The highest BCUT2D eigenvalue weighted by Gasteiger charge is 2.24. The zero-order valence-corrected chi connectivity index (χ0v) is 14.7. The van der Waals surface area contributed by atoms with Gasteiger partial charge in [0.05, 0.1) is 14.3 Å². The summed E-state index contributed by atoms with van der Waals surface area (Å²) in [5, 5.41) is 0.729. The van der Waals surface area contributed by atoms with E-state index in [4.69, 9.17) is 23.2 Å². The van der Waals surface area contributed by atoms with Crippen LogP contribution in [-0.2, 0) is 0 Å². The van der Waals surface area contributed by atoms with Gasteiger partial charge in [0.15, 0.2) is 5.82 Å². The molecule has 0 radical (unpaired) electrons. The van der Waals surface area contributed by atoms with Gasteiger partial charge in [-0.3, -0.25) is 0 Å². The molecule has 1 aromatic heterocycles. The van der Waals surface area contributed by atoms with Crippen molar-refractivity contribution < 1.29 is 4.39 Å². The van der Waals surface area contributed by atoms with Crippen LogP contribution in [0.15, 0.2) is 18.2 Å². The molecule has 0 bridgehead atoms. The minimum atomic E-state index is -0.378. The van der Waals surface area contributed by atoms with Gasteiger partial charge in [-0.2, -0.15) is 0 Å². The Hall–Kier alpha value is -0.460. The van der Waals surface area contributed by atoms with Crippen LogP contribution in [0.4, 0.5) is 4.39 Å². The third-order valence-electron chi connectivity index (χ3n) is 3.75. The topological polar surface area (TPSA) is 25.8 Å². The molecule has 1 saturated carbocycles. The van der Waals surface area contributed by atoms with Gasteiger partial charge in [0.25, 0.3) is 0 Å². The number of rotatable bonds is 2. The first-order chi connectivity index (χ1) is 10.1. The predicted octanol–water partition coefficient (Wildman–Crippen LogP) is 5.85. The maximum Gasteiger partial charge on any atom is 0.162 e. The van der Waals surface area contributed by atoms with E-state index < -0.39 is 0 Å². The minimum Gasteiger partial charge on any atom is -0.232 e. The van der Waals surface area contributed by atoms with Gasteiger partial charge in [-0.25, -0.2) is 14.4 Å². The van der Waals surface area contributed by atoms with Gasteiger partial charge in [0, 0.05) is 11.5 Å². The monoisotopic (exact) mass is 436 g/mol. The lowest BCUT2D eigenvalue weighted by Gasteiger charge is -2.14. The number of benzene rings is 1. The number of halogens is 4. The van der Waals surface area contributed by atoms with Crippen molar-refractivity contribution in [2.24, 2.45) is 0 Å². The number of hydrogen-bond acceptors (Lipinski definition) is 2. The summed E-state index contributed by atoms with van der Waals surface area (Å²) < 4.78 is 14.1. The molecular weight excluding hydrogens is 425 g/mol. The van der Waals surface area contributed by atoms with E-state index in [9.17, 15) is 4.39 Å². The van der Waals surface area contributed by atoms with Crippen LogP contribution in [0, 0.1) is 9.39 Å². The second kappa shape index (κ2) is 6.34. The third kappa shape index (κ3) is 3.17. The van der Waals surface area contributed by atoms with Crippen LogP contribution < -0.4 is 0 Å². The lowest BCUT2D eigenvalue weighted by atomic mass is 10.0. The first-order valence-corrected chi connectivity index (χ1v) is 8.58. The molecule has 3 rings (SSSR count). The molecule has 6 heteroatoms. The lowest BCUT2D eigenvalue weighted by molar-refractivity contribution is 0.628. The van der Waals surface area contributed by atoms with Gasteiger partial charge in [0.1, 0.15) is 11.0 Å². The maximum atomic E-state index is 13.2. The normalized spacial score (nSPS) is 15.6. The Morgan fingerprint density at radius 3 is 2.52 bits per heavy atom. The van der Waals surface area contributed by atoms with Gasteiger partial charge >= 0.3 is 0 Å². The van der Waals surface area contributed by atoms with Crippen molar-refractivity contribution in [2.45, 2.75) is 31.6 Å². The average Bonchev–Trinajstić information content (AvgIpc) is 2.96. The molecule has 2 nitrogen and oxygen atoms in total. The summed E-state index contributed by atoms with van der Waals surface area (Å²) in [5.41, 5.74) is 1.60. The Kier molecular flexibility index (Phi) is 4.66. The van der Waals surface area contributed by atoms with Crippen LogP contribution in [-0.4, -0.2) is 9.97 Å². The van der Waals surface area contributed by atoms with Crippen molar-refractivity contribution in [1.29, 1.82) is 0 Å². The molecular formula is C15H12Cl2FIN2. The molecule has 0 spiro atoms. The van der Waals surface area contributed by atoms with Gasteiger partial charge in [-0.15, -0.1) is 0 Å². The fraction of sp³-hybridized carbons (Fsp3) is 0.333. The Morgan fingerprint density at radius 1 is 1.14 bits per heavy atom. The summed E-state index contributed by atoms with van der Waals surface area (Å²) >= 11 is 14.6. The molecule has 1 aliphatic carbocycles. The van der Waals surface area contributed by atoms with Gasteiger partial charge in [0.2, 0.25) is 0 Å². The average molecular weight is 437 g/mol. The molecule has 0 unspecified atom stereocenters. The van der Waals surface area contributed by atoms with Crippen LogP contribution in [0.1, 0.15) is 37.3 Å². The molecule has 0 saturated heterocycles. The fourth-order valence-electron chi connectivity index (χ4n) is 2.70. The van der Waals surface area contributed by atoms with Crippen LogP contribution >= 0.6 is 45.8 Å². The van der Waals surface area contributed by atoms with E-state index in [2.05, 4.69) is 32.6 Å². The first-order valence-electron chi connectivity index (χ1n) is 6.74. The quantitative estimate of drug-likeness (QED) is 0.435. The molecule has 21 heavy (non-hydrogen) atoms. The van der Waals surface area contributed by atoms with Gasteiger partial charge in [-0.05, 0) is 53.6 Å². The Balaban J connectivity index is 2.10. The predicted molar refractivity (Wildman–Crippen MR) is 91.4 cm³/mol. The molecule has 1 heterocycles. The molecule has 0 atom stereocenters. The first kappa shape index (κ1) is 15.4. The summed E-state index contributed by atoms with van der Waals surface area (Å²) in [7, 11) is 0. The van der Waals surface area contributed by atoms with E-state index in [-0.39, 0.29) is 5.82 Å². The van der Waals surface area contributed by atoms with E-state index in [0.717, 1.165) is 22.1 Å². The van der Waals surface area contributed by atoms with Crippen molar-refractivity contribution in [3.05, 3.63) is 43.5 Å². The molecule has 1 fully saturated rings. The van der Waals surface area contributed by atoms with Gasteiger partial charge < -0.3 is 0 Å². The molecule has 1 aliphatic rings. The molecule has 110 valence electrons. The fourth-order valence-corrected chi connectivity index (χ4v) is 3.81. The summed E-state index contributed by atoms with van der Waals surface area (Å²) in [5.74, 6) is 0.513. The van der Waals surface area contributed by atoms with Crippen molar-refractivity contribution in [2.75, 3.05) is 0 Å². The third-order valence-corrected chi connectivity index (χ3v) is 5.72. The smallest absolute Gasteiger partial charge is 0.162 e. The largest absolute Gasteiger partial charge is 0.232 e. The van der Waals surface area contributed by atoms with E-state index in [1.807, 2.05) is 0 Å². The highest BCUT2D eigenvalue weighted by atomic mass is 127. The van der Waals surface area contributed by atoms with E-state index in [1.165, 1.54) is 25.0 Å². The lowest BCUT2D eigenvalue weighted by Crippen LogP contribution is -2.05. The Bertz CT molecular complexity index is 688. The molecule has 1 aromatic carbocycles. The Morgan fingerprint density at radius 2 is 1.86 bits per heavy atom. The van der Waals surface area contributed by atoms with Crippen molar-refractivity contribution in [3.63, 3.8) is 0 Å². The summed E-state index contributed by atoms with van der Waals surface area (Å²) in [6, 6.07) is 4.21. The summed E-state index contributed by atoms with van der Waals surface area (Å²) in [6.07, 6.45) is 4.68. The van der Waals surface area contributed by atoms with Crippen LogP contribution in [0.2, 0.25) is 10.2 Å². The van der Waals surface area contributed by atoms with Gasteiger partial charge in [-0.1, -0.05) is 36.0 Å². The zero-order chi connectivity index (χ0) is 15.0. The second-order valence-electron chi connectivity index (χ2n) is 5.14. The minimum absolute atomic E-state index is 0.296. The molecule has 0 N–H and O–H groups in total. The number of hydrogen-bond donors (Lipinski definition) is 0.